The van der Waals surface area contributed by atoms with Crippen LogP contribution in [0.5, 0.6) is 17.2 Å². The largest absolute Gasteiger partial charge is 0.497 e. The number of aromatic nitrogens is 1. The molecule has 1 aromatic heterocycles. The van der Waals surface area contributed by atoms with Crippen LogP contribution in [0.25, 0.3) is 10.2 Å². The van der Waals surface area contributed by atoms with Crippen LogP contribution in [0.15, 0.2) is 41.4 Å². The second-order valence-corrected chi connectivity index (χ2v) is 8.14. The molecular weight excluding hydrogens is 396 g/mol. The van der Waals surface area contributed by atoms with Crippen LogP contribution in [0.4, 0.5) is 0 Å². The smallest absolute Gasteiger partial charge is 0.279 e. The molecule has 0 unspecified atom stereocenters. The molecule has 2 heterocycles. The lowest BCUT2D eigenvalue weighted by Gasteiger charge is -2.18. The minimum atomic E-state index is -0.291. The predicted octanol–water partition coefficient (Wildman–Crippen LogP) is 3.59. The third-order valence-corrected chi connectivity index (χ3v) is 6.01. The quantitative estimate of drug-likeness (QED) is 0.636. The van der Waals surface area contributed by atoms with Gasteiger partial charge in [-0.15, -0.1) is 0 Å². The zero-order valence-corrected chi connectivity index (χ0v) is 17.3. The Hall–Kier alpha value is -2.45. The minimum Gasteiger partial charge on any atom is -0.497 e. The molecule has 0 radical (unpaired) electrons. The van der Waals surface area contributed by atoms with E-state index in [0.717, 1.165) is 34.0 Å². The molecule has 6 nitrogen and oxygen atoms in total. The Balaban J connectivity index is 1.82. The van der Waals surface area contributed by atoms with Crippen molar-refractivity contribution in [2.45, 2.75) is 6.54 Å². The number of carbonyl (C=O) groups excluding carboxylic acids is 1. The van der Waals surface area contributed by atoms with Crippen molar-refractivity contribution in [1.29, 1.82) is 0 Å². The lowest BCUT2D eigenvalue weighted by atomic mass is 10.2. The number of hydrogen-bond donors (Lipinski definition) is 0. The monoisotopic (exact) mass is 416 g/mol. The molecule has 1 aliphatic rings. The zero-order chi connectivity index (χ0) is 19.5. The lowest BCUT2D eigenvalue weighted by molar-refractivity contribution is 0.0997. The molecule has 0 N–H and O–H groups in total. The molecule has 0 bridgehead atoms. The van der Waals surface area contributed by atoms with Gasteiger partial charge in [0.1, 0.15) is 19.0 Å². The van der Waals surface area contributed by atoms with Crippen LogP contribution in [-0.4, -0.2) is 42.8 Å². The SMILES string of the molecule is COc1cccc(C(=O)N=c2sc3cc4c(cc3n2CCSC)OCCO4)c1. The number of hydrogen-bond acceptors (Lipinski definition) is 6. The number of benzene rings is 2. The fourth-order valence-electron chi connectivity index (χ4n) is 3.00. The van der Waals surface area contributed by atoms with Gasteiger partial charge in [-0.1, -0.05) is 17.4 Å². The topological polar surface area (TPSA) is 62.0 Å². The molecular formula is C20H20N2O4S2. The van der Waals surface area contributed by atoms with E-state index in [1.165, 1.54) is 11.3 Å². The number of aryl methyl sites for hydroxylation is 1. The Morgan fingerprint density at radius 3 is 2.79 bits per heavy atom. The van der Waals surface area contributed by atoms with Gasteiger partial charge in [-0.2, -0.15) is 16.8 Å². The fraction of sp³-hybridized carbons (Fsp3) is 0.300. The van der Waals surface area contributed by atoms with E-state index in [-0.39, 0.29) is 5.91 Å². The minimum absolute atomic E-state index is 0.291. The second kappa shape index (κ2) is 8.28. The maximum Gasteiger partial charge on any atom is 0.279 e. The van der Waals surface area contributed by atoms with E-state index in [2.05, 4.69) is 15.8 Å². The van der Waals surface area contributed by atoms with Crippen molar-refractivity contribution >= 4 is 39.2 Å². The molecule has 8 heteroatoms. The summed E-state index contributed by atoms with van der Waals surface area (Å²) < 4.78 is 19.7. The molecule has 4 rings (SSSR count). The number of rotatable bonds is 5. The van der Waals surface area contributed by atoms with Gasteiger partial charge in [0.15, 0.2) is 16.3 Å². The van der Waals surface area contributed by atoms with Crippen molar-refractivity contribution in [2.75, 3.05) is 32.3 Å². The van der Waals surface area contributed by atoms with Gasteiger partial charge in [-0.05, 0) is 24.5 Å². The summed E-state index contributed by atoms with van der Waals surface area (Å²) >= 11 is 3.23. The summed E-state index contributed by atoms with van der Waals surface area (Å²) in [6.45, 7) is 1.84. The zero-order valence-electron chi connectivity index (χ0n) is 15.6. The molecule has 1 aliphatic heterocycles. The number of ether oxygens (including phenoxy) is 3. The van der Waals surface area contributed by atoms with E-state index >= 15 is 0 Å². The highest BCUT2D eigenvalue weighted by molar-refractivity contribution is 7.98. The van der Waals surface area contributed by atoms with Crippen molar-refractivity contribution in [1.82, 2.24) is 4.57 Å². The molecule has 1 amide bonds. The molecule has 28 heavy (non-hydrogen) atoms. The van der Waals surface area contributed by atoms with Crippen LogP contribution in [0, 0.1) is 0 Å². The highest BCUT2D eigenvalue weighted by Gasteiger charge is 2.17. The fourth-order valence-corrected chi connectivity index (χ4v) is 4.43. The summed E-state index contributed by atoms with van der Waals surface area (Å²) in [4.78, 5) is 17.8. The van der Waals surface area contributed by atoms with E-state index in [0.29, 0.717) is 29.3 Å². The number of amides is 1. The van der Waals surface area contributed by atoms with E-state index < -0.39 is 0 Å². The molecule has 0 atom stereocenters. The van der Waals surface area contributed by atoms with E-state index in [4.69, 9.17) is 14.2 Å². The van der Waals surface area contributed by atoms with Crippen molar-refractivity contribution in [3.8, 4) is 17.2 Å². The Labute approximate surface area is 170 Å². The summed E-state index contributed by atoms with van der Waals surface area (Å²) in [6.07, 6.45) is 2.06. The van der Waals surface area contributed by atoms with Gasteiger partial charge in [-0.3, -0.25) is 4.79 Å². The van der Waals surface area contributed by atoms with Crippen LogP contribution in [0.3, 0.4) is 0 Å². The second-order valence-electron chi connectivity index (χ2n) is 6.14. The molecule has 146 valence electrons. The molecule has 2 aromatic carbocycles. The van der Waals surface area contributed by atoms with Crippen LogP contribution in [0.2, 0.25) is 0 Å². The summed E-state index contributed by atoms with van der Waals surface area (Å²) in [7, 11) is 1.58. The van der Waals surface area contributed by atoms with Gasteiger partial charge in [0.25, 0.3) is 5.91 Å². The van der Waals surface area contributed by atoms with Crippen molar-refractivity contribution in [2.24, 2.45) is 4.99 Å². The first-order valence-corrected chi connectivity index (χ1v) is 11.1. The van der Waals surface area contributed by atoms with Crippen LogP contribution < -0.4 is 19.0 Å². The molecule has 0 spiro atoms. The van der Waals surface area contributed by atoms with Gasteiger partial charge in [0, 0.05) is 30.0 Å². The number of carbonyl (C=O) groups is 1. The average Bonchev–Trinajstić information content (AvgIpc) is 3.06. The summed E-state index contributed by atoms with van der Waals surface area (Å²) in [5, 5.41) is 0. The van der Waals surface area contributed by atoms with Gasteiger partial charge in [0.2, 0.25) is 0 Å². The standard InChI is InChI=1S/C20H20N2O4S2/c1-24-14-5-3-4-13(10-14)19(23)21-20-22(6-9-27-2)15-11-16-17(12-18(15)28-20)26-8-7-25-16/h3-5,10-12H,6-9H2,1-2H3. The van der Waals surface area contributed by atoms with Gasteiger partial charge >= 0.3 is 0 Å². The van der Waals surface area contributed by atoms with Crippen molar-refractivity contribution < 1.29 is 19.0 Å². The molecule has 3 aromatic rings. The number of thiazole rings is 1. The Morgan fingerprint density at radius 1 is 1.25 bits per heavy atom. The van der Waals surface area contributed by atoms with Crippen molar-refractivity contribution in [3.63, 3.8) is 0 Å². The van der Waals surface area contributed by atoms with Crippen LogP contribution in [-0.2, 0) is 6.54 Å². The van der Waals surface area contributed by atoms with Gasteiger partial charge < -0.3 is 18.8 Å². The Bertz CT molecular complexity index is 1090. The van der Waals surface area contributed by atoms with E-state index in [1.807, 2.05) is 12.1 Å². The summed E-state index contributed by atoms with van der Waals surface area (Å²) in [5.41, 5.74) is 1.50. The third-order valence-electron chi connectivity index (χ3n) is 4.38. The van der Waals surface area contributed by atoms with E-state index in [9.17, 15) is 4.79 Å². The maximum absolute atomic E-state index is 12.8. The van der Waals surface area contributed by atoms with Crippen molar-refractivity contribution in [3.05, 3.63) is 46.8 Å². The summed E-state index contributed by atoms with van der Waals surface area (Å²) in [5.74, 6) is 2.74. The van der Waals surface area contributed by atoms with Gasteiger partial charge in [0.05, 0.1) is 17.3 Å². The first-order chi connectivity index (χ1) is 13.7. The maximum atomic E-state index is 12.8. The number of methoxy groups -OCH3 is 1. The number of thioether (sulfide) groups is 1. The molecule has 0 saturated heterocycles. The van der Waals surface area contributed by atoms with Crippen LogP contribution in [0.1, 0.15) is 10.4 Å². The molecule has 0 aliphatic carbocycles. The molecule has 0 saturated carbocycles. The Morgan fingerprint density at radius 2 is 2.04 bits per heavy atom. The normalized spacial score (nSPS) is 13.7. The predicted molar refractivity (Wildman–Crippen MR) is 112 cm³/mol. The Kier molecular flexibility index (Phi) is 5.59. The summed E-state index contributed by atoms with van der Waals surface area (Å²) in [6, 6.07) is 11.0. The molecule has 0 fully saturated rings. The highest BCUT2D eigenvalue weighted by Crippen LogP contribution is 2.35. The third kappa shape index (κ3) is 3.74. The lowest BCUT2D eigenvalue weighted by Crippen LogP contribution is -2.18. The number of fused-ring (bicyclic) bond motifs is 2. The number of nitrogens with zero attached hydrogens (tertiary/aromatic N) is 2. The highest BCUT2D eigenvalue weighted by atomic mass is 32.2. The average molecular weight is 417 g/mol. The van der Waals surface area contributed by atoms with Gasteiger partial charge in [-0.25, -0.2) is 0 Å². The van der Waals surface area contributed by atoms with E-state index in [1.54, 1.807) is 43.1 Å². The first-order valence-electron chi connectivity index (χ1n) is 8.84. The first kappa shape index (κ1) is 18.9. The van der Waals surface area contributed by atoms with Crippen LogP contribution >= 0.6 is 23.1 Å².